The van der Waals surface area contributed by atoms with Crippen LogP contribution in [0.15, 0.2) is 34.9 Å². The summed E-state index contributed by atoms with van der Waals surface area (Å²) in [7, 11) is 0. The summed E-state index contributed by atoms with van der Waals surface area (Å²) in [4.78, 5) is 22.9. The third-order valence-electron chi connectivity index (χ3n) is 3.59. The lowest BCUT2D eigenvalue weighted by atomic mass is 9.89. The van der Waals surface area contributed by atoms with Crippen molar-refractivity contribution in [3.8, 4) is 0 Å². The van der Waals surface area contributed by atoms with Gasteiger partial charge in [0.15, 0.2) is 11.6 Å². The molecule has 1 unspecified atom stereocenters. The molecule has 3 aliphatic rings. The van der Waals surface area contributed by atoms with Crippen LogP contribution in [-0.2, 0) is 9.59 Å². The Bertz CT molecular complexity index is 449. The van der Waals surface area contributed by atoms with E-state index in [1.54, 1.807) is 0 Å². The van der Waals surface area contributed by atoms with Crippen molar-refractivity contribution in [1.29, 1.82) is 0 Å². The molecule has 0 spiro atoms. The van der Waals surface area contributed by atoms with Gasteiger partial charge in [0, 0.05) is 5.57 Å². The summed E-state index contributed by atoms with van der Waals surface area (Å²) in [5.74, 6) is 0.690. The first kappa shape index (κ1) is 8.84. The zero-order chi connectivity index (χ0) is 10.4. The van der Waals surface area contributed by atoms with Gasteiger partial charge in [0.1, 0.15) is 0 Å². The van der Waals surface area contributed by atoms with Crippen molar-refractivity contribution < 1.29 is 9.59 Å². The summed E-state index contributed by atoms with van der Waals surface area (Å²) >= 11 is 0. The molecule has 2 bridgehead atoms. The van der Waals surface area contributed by atoms with E-state index in [4.69, 9.17) is 0 Å². The van der Waals surface area contributed by atoms with E-state index in [-0.39, 0.29) is 11.6 Å². The van der Waals surface area contributed by atoms with Gasteiger partial charge < -0.3 is 0 Å². The third kappa shape index (κ3) is 1.32. The first-order chi connectivity index (χ1) is 7.24. The van der Waals surface area contributed by atoms with Crippen LogP contribution in [0.2, 0.25) is 0 Å². The van der Waals surface area contributed by atoms with Gasteiger partial charge in [0.05, 0.1) is 0 Å². The molecule has 0 saturated heterocycles. The fourth-order valence-corrected chi connectivity index (χ4v) is 2.86. The van der Waals surface area contributed by atoms with Gasteiger partial charge in [-0.1, -0.05) is 5.57 Å². The quantitative estimate of drug-likeness (QED) is 0.607. The van der Waals surface area contributed by atoms with Gasteiger partial charge in [-0.15, -0.1) is 0 Å². The molecule has 2 nitrogen and oxygen atoms in total. The third-order valence-corrected chi connectivity index (χ3v) is 3.59. The molecule has 0 aromatic rings. The van der Waals surface area contributed by atoms with Crippen molar-refractivity contribution in [3.63, 3.8) is 0 Å². The molecule has 0 N–H and O–H groups in total. The number of allylic oxidation sites excluding steroid dienone is 6. The minimum Gasteiger partial charge on any atom is -0.290 e. The highest BCUT2D eigenvalue weighted by molar-refractivity contribution is 6.19. The maximum Gasteiger partial charge on any atom is 0.186 e. The minimum atomic E-state index is -0.0551. The van der Waals surface area contributed by atoms with Crippen LogP contribution < -0.4 is 0 Å². The van der Waals surface area contributed by atoms with Crippen molar-refractivity contribution in [2.75, 3.05) is 0 Å². The normalized spacial score (nSPS) is 29.1. The number of rotatable bonds is 1. The number of hydrogen-bond acceptors (Lipinski definition) is 2. The van der Waals surface area contributed by atoms with Crippen molar-refractivity contribution in [2.24, 2.45) is 5.92 Å². The molecule has 15 heavy (non-hydrogen) atoms. The van der Waals surface area contributed by atoms with Crippen LogP contribution in [0.4, 0.5) is 0 Å². The van der Waals surface area contributed by atoms with Crippen molar-refractivity contribution in [1.82, 2.24) is 0 Å². The number of carbonyl (C=O) groups is 2. The zero-order valence-corrected chi connectivity index (χ0v) is 8.45. The Hall–Kier alpha value is -1.44. The van der Waals surface area contributed by atoms with Gasteiger partial charge in [-0.05, 0) is 55.4 Å². The van der Waals surface area contributed by atoms with Crippen LogP contribution in [0.5, 0.6) is 0 Å². The predicted molar refractivity (Wildman–Crippen MR) is 56.2 cm³/mol. The second-order valence-electron chi connectivity index (χ2n) is 4.55. The number of ketones is 2. The van der Waals surface area contributed by atoms with Gasteiger partial charge in [-0.3, -0.25) is 9.59 Å². The summed E-state index contributed by atoms with van der Waals surface area (Å²) < 4.78 is 0. The smallest absolute Gasteiger partial charge is 0.186 e. The Balaban J connectivity index is 2.01. The first-order valence-corrected chi connectivity index (χ1v) is 5.43. The maximum atomic E-state index is 11.7. The summed E-state index contributed by atoms with van der Waals surface area (Å²) in [5.41, 5.74) is 3.26. The molecule has 3 rings (SSSR count). The molecule has 0 aromatic carbocycles. The lowest BCUT2D eigenvalue weighted by Crippen LogP contribution is -2.11. The molecular weight excluding hydrogens is 188 g/mol. The van der Waals surface area contributed by atoms with Gasteiger partial charge in [0.25, 0.3) is 0 Å². The molecule has 3 aliphatic carbocycles. The van der Waals surface area contributed by atoms with Gasteiger partial charge in [-0.2, -0.15) is 0 Å². The van der Waals surface area contributed by atoms with Crippen LogP contribution in [0.3, 0.4) is 0 Å². The van der Waals surface area contributed by atoms with E-state index in [0.29, 0.717) is 5.57 Å². The second-order valence-corrected chi connectivity index (χ2v) is 4.55. The predicted octanol–water partition coefficient (Wildman–Crippen LogP) is 2.12. The van der Waals surface area contributed by atoms with Crippen molar-refractivity contribution in [3.05, 3.63) is 34.9 Å². The Labute approximate surface area is 88.4 Å². The topological polar surface area (TPSA) is 34.1 Å². The summed E-state index contributed by atoms with van der Waals surface area (Å²) in [6.45, 7) is 0. The molecule has 1 atom stereocenters. The monoisotopic (exact) mass is 200 g/mol. The van der Waals surface area contributed by atoms with E-state index in [2.05, 4.69) is 0 Å². The van der Waals surface area contributed by atoms with E-state index >= 15 is 0 Å². The second kappa shape index (κ2) is 3.02. The summed E-state index contributed by atoms with van der Waals surface area (Å²) in [6, 6.07) is 0. The average molecular weight is 200 g/mol. The SMILES string of the molecule is O=C1C=CC(=O)C(C2=C3CCC(C3)C2)=C1. The van der Waals surface area contributed by atoms with Crippen LogP contribution in [0.25, 0.3) is 0 Å². The highest BCUT2D eigenvalue weighted by Gasteiger charge is 2.33. The fraction of sp³-hybridized carbons (Fsp3) is 0.385. The molecule has 0 heterocycles. The molecule has 76 valence electrons. The highest BCUT2D eigenvalue weighted by atomic mass is 16.1. The molecule has 0 amide bonds. The lowest BCUT2D eigenvalue weighted by Gasteiger charge is -2.14. The van der Waals surface area contributed by atoms with Crippen LogP contribution in [0.1, 0.15) is 25.7 Å². The van der Waals surface area contributed by atoms with E-state index in [1.165, 1.54) is 35.8 Å². The Kier molecular flexibility index (Phi) is 1.78. The van der Waals surface area contributed by atoms with Gasteiger partial charge in [0.2, 0.25) is 0 Å². The summed E-state index contributed by atoms with van der Waals surface area (Å²) in [5, 5.41) is 0. The molecule has 1 fully saturated rings. The average Bonchev–Trinajstić information content (AvgIpc) is 2.83. The molecule has 0 aliphatic heterocycles. The largest absolute Gasteiger partial charge is 0.290 e. The molecular formula is C13H12O2. The molecule has 1 saturated carbocycles. The molecule has 2 heteroatoms. The zero-order valence-electron chi connectivity index (χ0n) is 8.45. The number of fused-ring (bicyclic) bond motifs is 2. The highest BCUT2D eigenvalue weighted by Crippen LogP contribution is 2.46. The van der Waals surface area contributed by atoms with E-state index in [9.17, 15) is 9.59 Å². The maximum absolute atomic E-state index is 11.7. The Morgan fingerprint density at radius 3 is 2.67 bits per heavy atom. The van der Waals surface area contributed by atoms with Crippen molar-refractivity contribution in [2.45, 2.75) is 25.7 Å². The lowest BCUT2D eigenvalue weighted by molar-refractivity contribution is -0.114. The number of hydrogen-bond donors (Lipinski definition) is 0. The Morgan fingerprint density at radius 1 is 1.13 bits per heavy atom. The summed E-state index contributed by atoms with van der Waals surface area (Å²) in [6.07, 6.45) is 8.81. The van der Waals surface area contributed by atoms with E-state index in [0.717, 1.165) is 25.2 Å². The molecule has 0 aromatic heterocycles. The number of carbonyl (C=O) groups excluding carboxylic acids is 2. The first-order valence-electron chi connectivity index (χ1n) is 5.43. The van der Waals surface area contributed by atoms with Crippen LogP contribution in [0, 0.1) is 5.92 Å². The Morgan fingerprint density at radius 2 is 2.00 bits per heavy atom. The van der Waals surface area contributed by atoms with Gasteiger partial charge in [-0.25, -0.2) is 0 Å². The minimum absolute atomic E-state index is 0.00431. The van der Waals surface area contributed by atoms with E-state index in [1.807, 2.05) is 0 Å². The van der Waals surface area contributed by atoms with E-state index < -0.39 is 0 Å². The molecule has 0 radical (unpaired) electrons. The van der Waals surface area contributed by atoms with Crippen LogP contribution in [-0.4, -0.2) is 11.6 Å². The standard InChI is InChI=1S/C13H12O2/c14-10-3-4-13(15)12(7-10)11-6-8-1-2-9(11)5-8/h3-4,7-8H,1-2,5-6H2. The van der Waals surface area contributed by atoms with Crippen molar-refractivity contribution >= 4 is 11.6 Å². The fourth-order valence-electron chi connectivity index (χ4n) is 2.86. The van der Waals surface area contributed by atoms with Crippen LogP contribution >= 0.6 is 0 Å². The van der Waals surface area contributed by atoms with Gasteiger partial charge >= 0.3 is 0 Å².